The largest absolute Gasteiger partial charge is 0.504 e. The first-order valence-electron chi connectivity index (χ1n) is 3.93. The Balaban J connectivity index is 3.11. The van der Waals surface area contributed by atoms with Crippen LogP contribution >= 0.6 is 22.6 Å². The maximum absolute atomic E-state index is 10.1. The zero-order chi connectivity index (χ0) is 11.4. The number of ether oxygens (including phenoxy) is 1. The maximum Gasteiger partial charge on any atom is 0.235 e. The second-order valence-electron chi connectivity index (χ2n) is 2.65. The van der Waals surface area contributed by atoms with Gasteiger partial charge in [0.25, 0.3) is 0 Å². The van der Waals surface area contributed by atoms with Gasteiger partial charge in [-0.05, 0) is 40.3 Å². The number of phenolic OH excluding ortho intramolecular Hbond substituents is 1. The zero-order valence-corrected chi connectivity index (χ0v) is 9.96. The fraction of sp³-hybridized carbons (Fsp3) is 0.111. The van der Waals surface area contributed by atoms with E-state index in [1.165, 1.54) is 19.3 Å². The monoisotopic (exact) mass is 321 g/mol. The molecular formula is C9H8INO4. The van der Waals surface area contributed by atoms with Gasteiger partial charge in [0.1, 0.15) is 0 Å². The van der Waals surface area contributed by atoms with Gasteiger partial charge in [-0.1, -0.05) is 0 Å². The summed E-state index contributed by atoms with van der Waals surface area (Å²) in [5.41, 5.74) is 0.603. The molecule has 6 heteroatoms. The molecule has 0 spiro atoms. The van der Waals surface area contributed by atoms with Crippen molar-refractivity contribution in [2.24, 2.45) is 0 Å². The van der Waals surface area contributed by atoms with Crippen molar-refractivity contribution in [3.63, 3.8) is 0 Å². The van der Waals surface area contributed by atoms with Gasteiger partial charge in [0.2, 0.25) is 6.20 Å². The lowest BCUT2D eigenvalue weighted by atomic mass is 10.2. The molecule has 0 atom stereocenters. The summed E-state index contributed by atoms with van der Waals surface area (Å²) < 4.78 is 5.49. The topological polar surface area (TPSA) is 72.6 Å². The molecule has 1 rings (SSSR count). The van der Waals surface area contributed by atoms with E-state index in [1.54, 1.807) is 6.07 Å². The molecule has 1 N–H and O–H groups in total. The summed E-state index contributed by atoms with van der Waals surface area (Å²) >= 11 is 1.92. The van der Waals surface area contributed by atoms with Crippen LogP contribution in [-0.4, -0.2) is 17.1 Å². The van der Waals surface area contributed by atoms with Crippen LogP contribution in [0, 0.1) is 13.7 Å². The Morgan fingerprint density at radius 2 is 2.27 bits per heavy atom. The molecule has 0 radical (unpaired) electrons. The minimum Gasteiger partial charge on any atom is -0.504 e. The smallest absolute Gasteiger partial charge is 0.235 e. The van der Waals surface area contributed by atoms with Crippen LogP contribution in [0.3, 0.4) is 0 Å². The van der Waals surface area contributed by atoms with Crippen molar-refractivity contribution >= 4 is 28.7 Å². The SMILES string of the molecule is COc1cc(/C=C\[N+](=O)[O-])cc(I)c1O. The van der Waals surface area contributed by atoms with Crippen molar-refractivity contribution in [1.29, 1.82) is 0 Å². The normalized spacial score (nSPS) is 10.5. The number of nitro groups is 1. The molecule has 0 aromatic heterocycles. The minimum absolute atomic E-state index is 0.0383. The number of hydrogen-bond acceptors (Lipinski definition) is 4. The fourth-order valence-electron chi connectivity index (χ4n) is 0.993. The van der Waals surface area contributed by atoms with Crippen molar-refractivity contribution in [1.82, 2.24) is 0 Å². The third kappa shape index (κ3) is 3.08. The number of nitrogens with zero attached hydrogens (tertiary/aromatic N) is 1. The van der Waals surface area contributed by atoms with Crippen LogP contribution in [0.4, 0.5) is 0 Å². The fourth-order valence-corrected chi connectivity index (χ4v) is 1.62. The van der Waals surface area contributed by atoms with Gasteiger partial charge in [0.05, 0.1) is 15.6 Å². The Kier molecular flexibility index (Phi) is 3.89. The summed E-state index contributed by atoms with van der Waals surface area (Å²) in [6.45, 7) is 0. The number of hydrogen-bond donors (Lipinski definition) is 1. The first-order chi connectivity index (χ1) is 7.04. The standard InChI is InChI=1S/C9H8INO4/c1-15-8-5-6(2-3-11(13)14)4-7(10)9(8)12/h2-5,12H,1H3/b3-2-. The highest BCUT2D eigenvalue weighted by atomic mass is 127. The average Bonchev–Trinajstić information content (AvgIpc) is 2.19. The molecule has 1 aromatic carbocycles. The van der Waals surface area contributed by atoms with Crippen LogP contribution < -0.4 is 4.74 Å². The number of rotatable bonds is 3. The third-order valence-electron chi connectivity index (χ3n) is 1.66. The summed E-state index contributed by atoms with van der Waals surface area (Å²) in [6.07, 6.45) is 2.17. The van der Waals surface area contributed by atoms with Crippen LogP contribution in [0.1, 0.15) is 5.56 Å². The summed E-state index contributed by atoms with van der Waals surface area (Å²) in [4.78, 5) is 9.57. The molecule has 0 heterocycles. The second kappa shape index (κ2) is 4.96. The lowest BCUT2D eigenvalue weighted by Gasteiger charge is -2.05. The summed E-state index contributed by atoms with van der Waals surface area (Å²) in [5.74, 6) is 0.334. The van der Waals surface area contributed by atoms with Crippen LogP contribution in [0.5, 0.6) is 11.5 Å². The quantitative estimate of drug-likeness (QED) is 0.526. The molecule has 5 nitrogen and oxygen atoms in total. The van der Waals surface area contributed by atoms with Crippen LogP contribution in [0.2, 0.25) is 0 Å². The summed E-state index contributed by atoms with van der Waals surface area (Å²) in [5, 5.41) is 19.6. The number of aromatic hydroxyl groups is 1. The molecule has 0 aliphatic rings. The minimum atomic E-state index is -0.549. The highest BCUT2D eigenvalue weighted by Crippen LogP contribution is 2.32. The van der Waals surface area contributed by atoms with E-state index in [0.717, 1.165) is 6.20 Å². The number of methoxy groups -OCH3 is 1. The molecule has 0 saturated heterocycles. The van der Waals surface area contributed by atoms with Gasteiger partial charge >= 0.3 is 0 Å². The van der Waals surface area contributed by atoms with Crippen molar-refractivity contribution in [2.75, 3.05) is 7.11 Å². The van der Waals surface area contributed by atoms with Gasteiger partial charge in [-0.25, -0.2) is 0 Å². The van der Waals surface area contributed by atoms with Gasteiger partial charge < -0.3 is 9.84 Å². The molecule has 0 amide bonds. The second-order valence-corrected chi connectivity index (χ2v) is 3.82. The summed E-state index contributed by atoms with van der Waals surface area (Å²) in [7, 11) is 1.42. The van der Waals surface area contributed by atoms with Crippen molar-refractivity contribution < 1.29 is 14.8 Å². The van der Waals surface area contributed by atoms with Crippen molar-refractivity contribution in [3.8, 4) is 11.5 Å². The molecular weight excluding hydrogens is 313 g/mol. The molecule has 0 saturated carbocycles. The van der Waals surface area contributed by atoms with Crippen molar-refractivity contribution in [3.05, 3.63) is 37.6 Å². The van der Waals surface area contributed by atoms with E-state index in [-0.39, 0.29) is 5.75 Å². The molecule has 0 aliphatic heterocycles. The van der Waals surface area contributed by atoms with Gasteiger partial charge in [0, 0.05) is 6.08 Å². The average molecular weight is 321 g/mol. The van der Waals surface area contributed by atoms with Gasteiger partial charge in [-0.15, -0.1) is 0 Å². The number of phenols is 1. The number of benzene rings is 1. The van der Waals surface area contributed by atoms with Gasteiger partial charge in [-0.2, -0.15) is 0 Å². The molecule has 80 valence electrons. The molecule has 0 unspecified atom stereocenters. The lowest BCUT2D eigenvalue weighted by molar-refractivity contribution is -0.400. The van der Waals surface area contributed by atoms with E-state index in [2.05, 4.69) is 0 Å². The number of halogens is 1. The Morgan fingerprint density at radius 3 is 2.80 bits per heavy atom. The highest BCUT2D eigenvalue weighted by molar-refractivity contribution is 14.1. The first-order valence-corrected chi connectivity index (χ1v) is 5.00. The predicted molar refractivity (Wildman–Crippen MR) is 63.4 cm³/mol. The first kappa shape index (κ1) is 11.8. The lowest BCUT2D eigenvalue weighted by Crippen LogP contribution is -1.88. The van der Waals surface area contributed by atoms with Crippen LogP contribution in [0.25, 0.3) is 6.08 Å². The van der Waals surface area contributed by atoms with Crippen LogP contribution in [-0.2, 0) is 0 Å². The van der Waals surface area contributed by atoms with E-state index in [1.807, 2.05) is 22.6 Å². The predicted octanol–water partition coefficient (Wildman–Crippen LogP) is 2.25. The van der Waals surface area contributed by atoms with Crippen molar-refractivity contribution in [2.45, 2.75) is 0 Å². The van der Waals surface area contributed by atoms with E-state index < -0.39 is 4.92 Å². The Bertz CT molecular complexity index is 417. The highest BCUT2D eigenvalue weighted by Gasteiger charge is 2.07. The zero-order valence-electron chi connectivity index (χ0n) is 7.81. The maximum atomic E-state index is 10.1. The van der Waals surface area contributed by atoms with Gasteiger partial charge in [-0.3, -0.25) is 10.1 Å². The van der Waals surface area contributed by atoms with E-state index >= 15 is 0 Å². The Hall–Kier alpha value is -1.31. The molecule has 0 aliphatic carbocycles. The molecule has 0 bridgehead atoms. The van der Waals surface area contributed by atoms with Crippen LogP contribution in [0.15, 0.2) is 18.3 Å². The molecule has 15 heavy (non-hydrogen) atoms. The van der Waals surface area contributed by atoms with E-state index in [4.69, 9.17) is 4.74 Å². The Labute approximate surface area is 99.7 Å². The third-order valence-corrected chi connectivity index (χ3v) is 2.48. The Morgan fingerprint density at radius 1 is 1.60 bits per heavy atom. The molecule has 1 aromatic rings. The van der Waals surface area contributed by atoms with E-state index in [9.17, 15) is 15.2 Å². The van der Waals surface area contributed by atoms with E-state index in [0.29, 0.717) is 14.9 Å². The molecule has 0 fully saturated rings. The summed E-state index contributed by atoms with van der Waals surface area (Å²) in [6, 6.07) is 3.15. The van der Waals surface area contributed by atoms with Gasteiger partial charge in [0.15, 0.2) is 11.5 Å².